The first-order chi connectivity index (χ1) is 12.9. The first kappa shape index (κ1) is 19.2. The zero-order valence-electron chi connectivity index (χ0n) is 15.2. The summed E-state index contributed by atoms with van der Waals surface area (Å²) >= 11 is 3.39. The standard InChI is InChI=1S/C21H21BrN2O3/c1-13(2)11-24-21(26)17-5-3-4-6-18(17)23-12-14-9-20(25)27-19-10-15(22)7-8-16(14)19/h3-10,13,23H,11-12H2,1-2H3,(H,24,26). The molecular formula is C21H21BrN2O3. The second-order valence-electron chi connectivity index (χ2n) is 6.73. The van der Waals surface area contributed by atoms with E-state index in [4.69, 9.17) is 4.42 Å². The monoisotopic (exact) mass is 428 g/mol. The van der Waals surface area contributed by atoms with Crippen LogP contribution < -0.4 is 16.3 Å². The Labute approximate surface area is 165 Å². The zero-order chi connectivity index (χ0) is 19.4. The Morgan fingerprint density at radius 3 is 2.70 bits per heavy atom. The summed E-state index contributed by atoms with van der Waals surface area (Å²) in [4.78, 5) is 24.3. The number of rotatable bonds is 6. The van der Waals surface area contributed by atoms with Gasteiger partial charge in [0.1, 0.15) is 5.58 Å². The molecule has 3 rings (SSSR count). The van der Waals surface area contributed by atoms with Crippen molar-refractivity contribution in [2.45, 2.75) is 20.4 Å². The largest absolute Gasteiger partial charge is 0.423 e. The van der Waals surface area contributed by atoms with E-state index in [-0.39, 0.29) is 5.91 Å². The van der Waals surface area contributed by atoms with Crippen molar-refractivity contribution in [1.82, 2.24) is 5.32 Å². The summed E-state index contributed by atoms with van der Waals surface area (Å²) in [7, 11) is 0. The van der Waals surface area contributed by atoms with E-state index in [1.165, 1.54) is 6.07 Å². The molecule has 140 valence electrons. The van der Waals surface area contributed by atoms with Crippen molar-refractivity contribution < 1.29 is 9.21 Å². The highest BCUT2D eigenvalue weighted by atomic mass is 79.9. The highest BCUT2D eigenvalue weighted by Crippen LogP contribution is 2.23. The Morgan fingerprint density at radius 2 is 1.93 bits per heavy atom. The SMILES string of the molecule is CC(C)CNC(=O)c1ccccc1NCc1cc(=O)oc2cc(Br)ccc12. The molecule has 0 aliphatic heterocycles. The molecule has 27 heavy (non-hydrogen) atoms. The van der Waals surface area contributed by atoms with E-state index >= 15 is 0 Å². The maximum atomic E-state index is 12.5. The molecule has 0 saturated heterocycles. The second kappa shape index (κ2) is 8.39. The van der Waals surface area contributed by atoms with Gasteiger partial charge in [0, 0.05) is 34.7 Å². The fraction of sp³-hybridized carbons (Fsp3) is 0.238. The number of para-hydroxylation sites is 1. The van der Waals surface area contributed by atoms with Crippen LogP contribution in [0, 0.1) is 5.92 Å². The summed E-state index contributed by atoms with van der Waals surface area (Å²) < 4.78 is 6.12. The number of amides is 1. The molecule has 0 bridgehead atoms. The molecule has 6 heteroatoms. The summed E-state index contributed by atoms with van der Waals surface area (Å²) in [5.74, 6) is 0.261. The molecule has 0 unspecified atom stereocenters. The molecule has 1 amide bonds. The van der Waals surface area contributed by atoms with Gasteiger partial charge in [0.25, 0.3) is 5.91 Å². The number of hydrogen-bond donors (Lipinski definition) is 2. The Bertz CT molecular complexity index is 1030. The number of anilines is 1. The molecule has 0 saturated carbocycles. The fourth-order valence-electron chi connectivity index (χ4n) is 2.77. The first-order valence-electron chi connectivity index (χ1n) is 8.77. The van der Waals surface area contributed by atoms with E-state index in [0.717, 1.165) is 21.1 Å². The van der Waals surface area contributed by atoms with Gasteiger partial charge in [0.05, 0.1) is 5.56 Å². The van der Waals surface area contributed by atoms with Crippen molar-refractivity contribution in [3.8, 4) is 0 Å². The van der Waals surface area contributed by atoms with Crippen molar-refractivity contribution in [3.05, 3.63) is 74.6 Å². The fourth-order valence-corrected chi connectivity index (χ4v) is 3.11. The summed E-state index contributed by atoms with van der Waals surface area (Å²) in [5.41, 5.74) is 2.23. The van der Waals surface area contributed by atoms with Gasteiger partial charge in [-0.3, -0.25) is 4.79 Å². The van der Waals surface area contributed by atoms with E-state index in [9.17, 15) is 9.59 Å². The van der Waals surface area contributed by atoms with Gasteiger partial charge >= 0.3 is 5.63 Å². The molecule has 3 aromatic rings. The average molecular weight is 429 g/mol. The van der Waals surface area contributed by atoms with Crippen LogP contribution in [-0.2, 0) is 6.54 Å². The lowest BCUT2D eigenvalue weighted by molar-refractivity contribution is 0.0950. The topological polar surface area (TPSA) is 71.3 Å². The lowest BCUT2D eigenvalue weighted by atomic mass is 10.1. The maximum Gasteiger partial charge on any atom is 0.336 e. The Kier molecular flexibility index (Phi) is 5.96. The first-order valence-corrected chi connectivity index (χ1v) is 9.56. The highest BCUT2D eigenvalue weighted by Gasteiger charge is 2.12. The van der Waals surface area contributed by atoms with Gasteiger partial charge in [0.2, 0.25) is 0 Å². The third-order valence-corrected chi connectivity index (χ3v) is 4.60. The Morgan fingerprint density at radius 1 is 1.15 bits per heavy atom. The predicted molar refractivity (Wildman–Crippen MR) is 111 cm³/mol. The summed E-state index contributed by atoms with van der Waals surface area (Å²) in [6.07, 6.45) is 0. The number of carbonyl (C=O) groups excluding carboxylic acids is 1. The number of halogens is 1. The third kappa shape index (κ3) is 4.77. The van der Waals surface area contributed by atoms with Crippen LogP contribution in [0.2, 0.25) is 0 Å². The third-order valence-electron chi connectivity index (χ3n) is 4.10. The quantitative estimate of drug-likeness (QED) is 0.564. The van der Waals surface area contributed by atoms with Crippen molar-refractivity contribution >= 4 is 38.5 Å². The molecule has 0 atom stereocenters. The second-order valence-corrected chi connectivity index (χ2v) is 7.65. The van der Waals surface area contributed by atoms with Crippen LogP contribution in [0.15, 0.2) is 62.2 Å². The van der Waals surface area contributed by atoms with Gasteiger partial charge in [-0.15, -0.1) is 0 Å². The Hall–Kier alpha value is -2.60. The Balaban J connectivity index is 1.85. The van der Waals surface area contributed by atoms with Crippen molar-refractivity contribution in [3.63, 3.8) is 0 Å². The molecule has 0 radical (unpaired) electrons. The molecule has 2 aromatic carbocycles. The van der Waals surface area contributed by atoms with Crippen LogP contribution in [0.3, 0.4) is 0 Å². The van der Waals surface area contributed by atoms with Crippen LogP contribution in [0.5, 0.6) is 0 Å². The number of hydrogen-bond acceptors (Lipinski definition) is 4. The minimum Gasteiger partial charge on any atom is -0.423 e. The zero-order valence-corrected chi connectivity index (χ0v) is 16.8. The lowest BCUT2D eigenvalue weighted by Gasteiger charge is -2.14. The molecular weight excluding hydrogens is 408 g/mol. The van der Waals surface area contributed by atoms with E-state index in [1.54, 1.807) is 12.1 Å². The molecule has 2 N–H and O–H groups in total. The molecule has 0 spiro atoms. The average Bonchev–Trinajstić information content (AvgIpc) is 2.63. The maximum absolute atomic E-state index is 12.5. The van der Waals surface area contributed by atoms with Gasteiger partial charge in [-0.2, -0.15) is 0 Å². The predicted octanol–water partition coefficient (Wildman–Crippen LogP) is 4.55. The van der Waals surface area contributed by atoms with Gasteiger partial charge in [-0.1, -0.05) is 41.9 Å². The van der Waals surface area contributed by atoms with Gasteiger partial charge in [0.15, 0.2) is 0 Å². The smallest absolute Gasteiger partial charge is 0.336 e. The number of nitrogens with one attached hydrogen (secondary N) is 2. The van der Waals surface area contributed by atoms with Crippen LogP contribution >= 0.6 is 15.9 Å². The molecule has 0 aliphatic rings. The van der Waals surface area contributed by atoms with Crippen molar-refractivity contribution in [2.24, 2.45) is 5.92 Å². The summed E-state index contributed by atoms with van der Waals surface area (Å²) in [5, 5.41) is 7.07. The lowest BCUT2D eigenvalue weighted by Crippen LogP contribution is -2.28. The van der Waals surface area contributed by atoms with E-state index in [1.807, 2.05) is 30.3 Å². The van der Waals surface area contributed by atoms with Crippen LogP contribution in [0.25, 0.3) is 11.0 Å². The molecule has 5 nitrogen and oxygen atoms in total. The molecule has 1 heterocycles. The van der Waals surface area contributed by atoms with Gasteiger partial charge in [-0.25, -0.2) is 4.79 Å². The van der Waals surface area contributed by atoms with Crippen LogP contribution in [0.1, 0.15) is 29.8 Å². The number of carbonyl (C=O) groups is 1. The molecule has 1 aromatic heterocycles. The van der Waals surface area contributed by atoms with Crippen LogP contribution in [0.4, 0.5) is 5.69 Å². The number of fused-ring (bicyclic) bond motifs is 1. The normalized spacial score (nSPS) is 11.0. The van der Waals surface area contributed by atoms with E-state index in [2.05, 4.69) is 40.4 Å². The summed E-state index contributed by atoms with van der Waals surface area (Å²) in [6.45, 7) is 5.12. The molecule has 0 aliphatic carbocycles. The summed E-state index contributed by atoms with van der Waals surface area (Å²) in [6, 6.07) is 14.4. The van der Waals surface area contributed by atoms with E-state index in [0.29, 0.717) is 30.2 Å². The highest BCUT2D eigenvalue weighted by molar-refractivity contribution is 9.10. The van der Waals surface area contributed by atoms with Crippen LogP contribution in [-0.4, -0.2) is 12.5 Å². The minimum atomic E-state index is -0.402. The minimum absolute atomic E-state index is 0.117. The van der Waals surface area contributed by atoms with Crippen molar-refractivity contribution in [2.75, 3.05) is 11.9 Å². The van der Waals surface area contributed by atoms with Gasteiger partial charge < -0.3 is 15.1 Å². The van der Waals surface area contributed by atoms with Gasteiger partial charge in [-0.05, 0) is 41.8 Å². The molecule has 0 fully saturated rings. The number of benzene rings is 2. The van der Waals surface area contributed by atoms with E-state index < -0.39 is 5.63 Å². The van der Waals surface area contributed by atoms with Crippen molar-refractivity contribution in [1.29, 1.82) is 0 Å².